The first kappa shape index (κ1) is 17.4. The standard InChI is InChI=1S/C18H19ClN4O2S/c19-13-4-1-5-14(9-13)20-15(24)17-22-21-16(26-17)12-3-2-8-23(10-12)18(25)11-6-7-11/h1,4-5,9,11-12H,2-3,6-8,10H2,(H,20,24). The van der Waals surface area contributed by atoms with Gasteiger partial charge in [-0.2, -0.15) is 0 Å². The number of rotatable bonds is 4. The van der Waals surface area contributed by atoms with E-state index in [1.807, 2.05) is 4.90 Å². The summed E-state index contributed by atoms with van der Waals surface area (Å²) in [5, 5.41) is 12.8. The summed E-state index contributed by atoms with van der Waals surface area (Å²) in [6, 6.07) is 6.98. The molecule has 2 aromatic rings. The van der Waals surface area contributed by atoms with Gasteiger partial charge in [-0.05, 0) is 43.9 Å². The van der Waals surface area contributed by atoms with Gasteiger partial charge >= 0.3 is 0 Å². The van der Waals surface area contributed by atoms with Crippen LogP contribution in [0.1, 0.15) is 46.4 Å². The maximum absolute atomic E-state index is 12.4. The Morgan fingerprint density at radius 3 is 2.85 bits per heavy atom. The molecule has 4 rings (SSSR count). The van der Waals surface area contributed by atoms with E-state index < -0.39 is 0 Å². The molecule has 1 N–H and O–H groups in total. The van der Waals surface area contributed by atoms with E-state index in [2.05, 4.69) is 15.5 Å². The second kappa shape index (κ2) is 7.32. The summed E-state index contributed by atoms with van der Waals surface area (Å²) in [6.45, 7) is 1.51. The number of nitrogens with one attached hydrogen (secondary N) is 1. The van der Waals surface area contributed by atoms with Gasteiger partial charge in [-0.1, -0.05) is 29.0 Å². The van der Waals surface area contributed by atoms with Crippen molar-refractivity contribution >= 4 is 40.4 Å². The molecule has 0 spiro atoms. The highest BCUT2D eigenvalue weighted by Gasteiger charge is 2.36. The Balaban J connectivity index is 1.42. The summed E-state index contributed by atoms with van der Waals surface area (Å²) in [6.07, 6.45) is 3.98. The van der Waals surface area contributed by atoms with Gasteiger partial charge in [0.15, 0.2) is 0 Å². The highest BCUT2D eigenvalue weighted by molar-refractivity contribution is 7.13. The summed E-state index contributed by atoms with van der Waals surface area (Å²) in [7, 11) is 0. The first-order valence-corrected chi connectivity index (χ1v) is 9.98. The van der Waals surface area contributed by atoms with Crippen LogP contribution in [0.3, 0.4) is 0 Å². The maximum atomic E-state index is 12.4. The number of benzene rings is 1. The molecule has 6 nitrogen and oxygen atoms in total. The quantitative estimate of drug-likeness (QED) is 0.866. The minimum Gasteiger partial charge on any atom is -0.342 e. The highest BCUT2D eigenvalue weighted by Crippen LogP contribution is 2.35. The first-order chi connectivity index (χ1) is 12.6. The predicted molar refractivity (Wildman–Crippen MR) is 101 cm³/mol. The van der Waals surface area contributed by atoms with Gasteiger partial charge in [-0.25, -0.2) is 0 Å². The molecular weight excluding hydrogens is 372 g/mol. The van der Waals surface area contributed by atoms with E-state index >= 15 is 0 Å². The molecule has 1 atom stereocenters. The van der Waals surface area contributed by atoms with Gasteiger partial charge in [0.25, 0.3) is 5.91 Å². The van der Waals surface area contributed by atoms with Crippen LogP contribution in [0.4, 0.5) is 5.69 Å². The summed E-state index contributed by atoms with van der Waals surface area (Å²) in [5.41, 5.74) is 0.623. The van der Waals surface area contributed by atoms with Gasteiger partial charge in [0.2, 0.25) is 10.9 Å². The lowest BCUT2D eigenvalue weighted by molar-refractivity contribution is -0.133. The molecule has 1 aromatic heterocycles. The lowest BCUT2D eigenvalue weighted by atomic mass is 9.98. The molecule has 0 radical (unpaired) electrons. The van der Waals surface area contributed by atoms with Gasteiger partial charge in [0, 0.05) is 35.6 Å². The van der Waals surface area contributed by atoms with Crippen molar-refractivity contribution in [1.82, 2.24) is 15.1 Å². The van der Waals surface area contributed by atoms with Crippen LogP contribution < -0.4 is 5.32 Å². The summed E-state index contributed by atoms with van der Waals surface area (Å²) in [4.78, 5) is 26.6. The van der Waals surface area contributed by atoms with Crippen molar-refractivity contribution in [3.63, 3.8) is 0 Å². The zero-order valence-electron chi connectivity index (χ0n) is 14.2. The minimum absolute atomic E-state index is 0.164. The second-order valence-corrected chi connectivity index (χ2v) is 8.25. The van der Waals surface area contributed by atoms with Gasteiger partial charge in [-0.15, -0.1) is 10.2 Å². The molecule has 136 valence electrons. The highest BCUT2D eigenvalue weighted by atomic mass is 35.5. The molecule has 1 aliphatic heterocycles. The number of likely N-dealkylation sites (tertiary alicyclic amines) is 1. The largest absolute Gasteiger partial charge is 0.342 e. The molecule has 1 saturated carbocycles. The van der Waals surface area contributed by atoms with Crippen molar-refractivity contribution in [2.75, 3.05) is 18.4 Å². The van der Waals surface area contributed by atoms with E-state index in [1.54, 1.807) is 24.3 Å². The van der Waals surface area contributed by atoms with Crippen LogP contribution in [0, 0.1) is 5.92 Å². The number of piperidine rings is 1. The molecule has 2 fully saturated rings. The fourth-order valence-electron chi connectivity index (χ4n) is 3.21. The number of carbonyl (C=O) groups is 2. The van der Waals surface area contributed by atoms with Crippen LogP contribution in [0.5, 0.6) is 0 Å². The smallest absolute Gasteiger partial charge is 0.286 e. The molecule has 2 amide bonds. The lowest BCUT2D eigenvalue weighted by Gasteiger charge is -2.31. The Kier molecular flexibility index (Phi) is 4.91. The zero-order chi connectivity index (χ0) is 18.1. The summed E-state index contributed by atoms with van der Waals surface area (Å²) < 4.78 is 0. The van der Waals surface area contributed by atoms with Crippen LogP contribution in [0.25, 0.3) is 0 Å². The average molecular weight is 391 g/mol. The maximum Gasteiger partial charge on any atom is 0.286 e. The third-order valence-corrected chi connectivity index (χ3v) is 6.05. The zero-order valence-corrected chi connectivity index (χ0v) is 15.7. The summed E-state index contributed by atoms with van der Waals surface area (Å²) in [5.74, 6) is 0.384. The van der Waals surface area contributed by atoms with E-state index in [0.29, 0.717) is 22.3 Å². The number of hydrogen-bond acceptors (Lipinski definition) is 5. The number of hydrogen-bond donors (Lipinski definition) is 1. The molecule has 2 heterocycles. The van der Waals surface area contributed by atoms with Crippen molar-refractivity contribution < 1.29 is 9.59 Å². The fraction of sp³-hybridized carbons (Fsp3) is 0.444. The first-order valence-electron chi connectivity index (χ1n) is 8.79. The monoisotopic (exact) mass is 390 g/mol. The van der Waals surface area contributed by atoms with E-state index in [1.165, 1.54) is 11.3 Å². The Bertz CT molecular complexity index is 836. The molecule has 2 aliphatic rings. The average Bonchev–Trinajstić information content (AvgIpc) is 3.37. The third-order valence-electron chi connectivity index (χ3n) is 4.73. The van der Waals surface area contributed by atoms with Crippen molar-refractivity contribution in [2.45, 2.75) is 31.6 Å². The number of halogens is 1. The number of amides is 2. The molecule has 1 unspecified atom stereocenters. The van der Waals surface area contributed by atoms with Crippen molar-refractivity contribution in [2.24, 2.45) is 5.92 Å². The van der Waals surface area contributed by atoms with Gasteiger partial charge in [0.05, 0.1) is 0 Å². The number of nitrogens with zero attached hydrogens (tertiary/aromatic N) is 3. The normalized spacial score (nSPS) is 20.0. The molecule has 26 heavy (non-hydrogen) atoms. The van der Waals surface area contributed by atoms with E-state index in [4.69, 9.17) is 11.6 Å². The van der Waals surface area contributed by atoms with Crippen LogP contribution in [-0.2, 0) is 4.79 Å². The number of anilines is 1. The SMILES string of the molecule is O=C(Nc1cccc(Cl)c1)c1nnc(C2CCCN(C(=O)C3CC3)C2)s1. The Hall–Kier alpha value is -1.99. The number of aromatic nitrogens is 2. The Morgan fingerprint density at radius 1 is 1.23 bits per heavy atom. The van der Waals surface area contributed by atoms with E-state index in [0.717, 1.165) is 37.2 Å². The van der Waals surface area contributed by atoms with Crippen molar-refractivity contribution in [1.29, 1.82) is 0 Å². The van der Waals surface area contributed by atoms with E-state index in [-0.39, 0.29) is 23.7 Å². The minimum atomic E-state index is -0.294. The third kappa shape index (κ3) is 3.88. The fourth-order valence-corrected chi connectivity index (χ4v) is 4.26. The molecule has 8 heteroatoms. The van der Waals surface area contributed by atoms with Gasteiger partial charge in [-0.3, -0.25) is 9.59 Å². The molecule has 1 aliphatic carbocycles. The van der Waals surface area contributed by atoms with Gasteiger partial charge < -0.3 is 10.2 Å². The summed E-state index contributed by atoms with van der Waals surface area (Å²) >= 11 is 7.24. The van der Waals surface area contributed by atoms with Crippen LogP contribution in [-0.4, -0.2) is 40.0 Å². The topological polar surface area (TPSA) is 75.2 Å². The van der Waals surface area contributed by atoms with Crippen molar-refractivity contribution in [3.05, 3.63) is 39.3 Å². The van der Waals surface area contributed by atoms with Gasteiger partial charge in [0.1, 0.15) is 5.01 Å². The second-order valence-electron chi connectivity index (χ2n) is 6.81. The Morgan fingerprint density at radius 2 is 2.08 bits per heavy atom. The number of carbonyl (C=O) groups excluding carboxylic acids is 2. The van der Waals surface area contributed by atoms with Crippen LogP contribution in [0.15, 0.2) is 24.3 Å². The van der Waals surface area contributed by atoms with Crippen LogP contribution >= 0.6 is 22.9 Å². The predicted octanol–water partition coefficient (Wildman–Crippen LogP) is 3.56. The van der Waals surface area contributed by atoms with E-state index in [9.17, 15) is 9.59 Å². The van der Waals surface area contributed by atoms with Crippen molar-refractivity contribution in [3.8, 4) is 0 Å². The molecule has 0 bridgehead atoms. The Labute approximate surface area is 160 Å². The molecular formula is C18H19ClN4O2S. The van der Waals surface area contributed by atoms with Crippen LogP contribution in [0.2, 0.25) is 5.02 Å². The lowest BCUT2D eigenvalue weighted by Crippen LogP contribution is -2.39. The molecule has 1 saturated heterocycles. The molecule has 1 aromatic carbocycles.